The number of nitrogens with one attached hydrogen (secondary N) is 4. The van der Waals surface area contributed by atoms with E-state index in [1.807, 2.05) is 0 Å². The molecule has 36 heteroatoms. The van der Waals surface area contributed by atoms with E-state index in [-0.39, 0.29) is 172 Å². The maximum atomic E-state index is 14.3. The number of hydrazone groups is 2. The second kappa shape index (κ2) is 27.1. The van der Waals surface area contributed by atoms with Crippen LogP contribution in [0.5, 0.6) is 11.5 Å². The molecule has 0 heterocycles. The van der Waals surface area contributed by atoms with Gasteiger partial charge in [0.2, 0.25) is 11.6 Å². The van der Waals surface area contributed by atoms with Gasteiger partial charge in [0.05, 0.1) is 77.7 Å². The molecule has 0 spiro atoms. The zero-order chi connectivity index (χ0) is 54.6. The summed E-state index contributed by atoms with van der Waals surface area (Å²) >= 11 is 24.5. The van der Waals surface area contributed by atoms with Crippen molar-refractivity contribution >= 4 is 275 Å². The predicted molar refractivity (Wildman–Crippen MR) is 294 cm³/mol. The summed E-state index contributed by atoms with van der Waals surface area (Å²) in [6.45, 7) is 0. The molecule has 0 fully saturated rings. The number of rotatable bonds is 14. The van der Waals surface area contributed by atoms with Crippen molar-refractivity contribution in [2.24, 2.45) is 10.2 Å². The molecule has 0 saturated heterocycles. The fraction of sp³-hybridized carbons (Fsp3) is 0.0476. The summed E-state index contributed by atoms with van der Waals surface area (Å²) in [7, 11) is -18.9. The number of methoxy groups -OCH3 is 2. The number of ketones is 2. The third kappa shape index (κ3) is 15.1. The van der Waals surface area contributed by atoms with Crippen LogP contribution in [0.4, 0.5) is 22.7 Å². The Kier molecular flexibility index (Phi) is 24.1. The predicted octanol–water partition coefficient (Wildman–Crippen LogP) is 5.58. The molecule has 24 nitrogen and oxygen atoms in total. The molecule has 5 aromatic carbocycles. The number of benzene rings is 5. The van der Waals surface area contributed by atoms with E-state index < -0.39 is 129 Å². The van der Waals surface area contributed by atoms with Crippen molar-refractivity contribution in [3.63, 3.8) is 0 Å². The quantitative estimate of drug-likeness (QED) is 0.0382. The van der Waals surface area contributed by atoms with E-state index in [2.05, 4.69) is 31.7 Å². The smallest absolute Gasteiger partial charge is 0.296 e. The minimum absolute atomic E-state index is 0. The summed E-state index contributed by atoms with van der Waals surface area (Å²) in [6, 6.07) is 12.7. The molecule has 0 aromatic heterocycles. The molecule has 0 aliphatic heterocycles. The number of nitrogens with zero attached hydrogens (tertiary/aromatic N) is 2. The van der Waals surface area contributed by atoms with Crippen LogP contribution in [-0.4, -0.2) is 219 Å². The molecule has 78 heavy (non-hydrogen) atoms. The van der Waals surface area contributed by atoms with Crippen molar-refractivity contribution in [2.45, 2.75) is 9.79 Å². The molecule has 5 aromatic rings. The van der Waals surface area contributed by atoms with E-state index >= 15 is 0 Å². The van der Waals surface area contributed by atoms with E-state index in [4.69, 9.17) is 55.9 Å². The van der Waals surface area contributed by atoms with Crippen LogP contribution < -0.4 is 31.0 Å². The van der Waals surface area contributed by atoms with E-state index in [1.54, 1.807) is 0 Å². The first-order chi connectivity index (χ1) is 34.4. The van der Waals surface area contributed by atoms with Gasteiger partial charge in [0.1, 0.15) is 32.7 Å². The zero-order valence-electron chi connectivity index (χ0n) is 40.6. The van der Waals surface area contributed by atoms with Gasteiger partial charge in [-0.2, -0.15) is 43.9 Å². The Bertz CT molecular complexity index is 3730. The summed E-state index contributed by atoms with van der Waals surface area (Å²) in [5.74, 6) is -5.36. The Hall–Kier alpha value is -2.80. The molecular formula is C42H28Cl4N6Na4O18S4. The van der Waals surface area contributed by atoms with Crippen LogP contribution in [0.3, 0.4) is 0 Å². The first kappa shape index (κ1) is 69.5. The number of carbonyl (C=O) groups is 4. The van der Waals surface area contributed by atoms with Crippen molar-refractivity contribution in [3.05, 3.63) is 136 Å². The summed E-state index contributed by atoms with van der Waals surface area (Å²) < 4.78 is 151. The van der Waals surface area contributed by atoms with Gasteiger partial charge in [0, 0.05) is 130 Å². The number of hydrogen-bond donors (Lipinski definition) is 8. The molecule has 0 bridgehead atoms. The summed E-state index contributed by atoms with van der Waals surface area (Å²) in [5.41, 5.74) is -1.94. The summed E-state index contributed by atoms with van der Waals surface area (Å²) in [6.07, 6.45) is 1.24. The second-order valence-electron chi connectivity index (χ2n) is 15.0. The molecule has 390 valence electrons. The normalized spacial score (nSPS) is 14.1. The van der Waals surface area contributed by atoms with Gasteiger partial charge in [-0.25, -0.2) is 0 Å². The van der Waals surface area contributed by atoms with Crippen LogP contribution in [0.1, 0.15) is 52.6 Å². The summed E-state index contributed by atoms with van der Waals surface area (Å²) in [4.78, 5) is 51.1. The molecule has 0 unspecified atom stereocenters. The number of fused-ring (bicyclic) bond motifs is 2. The SMILES string of the molecule is COc1cc(N/N=C2/C(=O)c3c(cc(S(=O)(=O)O)cc3NC(=O)c3cccc(Cl)c3Cl)C=C2S(=O)(=O)O)c(OC)cc1N/N=C1/C(=O)c2c(cc(S(=O)(=O)O)cc2NC(=O)c2cccc(Cl)c2Cl)C=C1S(=O)(=O)O.[Na].[Na].[Na].[Na]. The minimum atomic E-state index is -5.42. The van der Waals surface area contributed by atoms with Crippen LogP contribution in [-0.2, 0) is 40.5 Å². The second-order valence-corrected chi connectivity index (χ2v) is 22.1. The van der Waals surface area contributed by atoms with Gasteiger partial charge in [-0.15, -0.1) is 0 Å². The molecular weight excluding hydrogens is 1240 g/mol. The molecule has 0 saturated carbocycles. The van der Waals surface area contributed by atoms with E-state index in [1.165, 1.54) is 36.4 Å². The minimum Gasteiger partial charge on any atom is -0.494 e. The van der Waals surface area contributed by atoms with Gasteiger partial charge in [0.15, 0.2) is 11.4 Å². The number of hydrogen-bond acceptors (Lipinski definition) is 18. The van der Waals surface area contributed by atoms with Crippen LogP contribution in [0.25, 0.3) is 12.2 Å². The fourth-order valence-corrected chi connectivity index (χ4v) is 10.2. The van der Waals surface area contributed by atoms with Crippen molar-refractivity contribution in [2.75, 3.05) is 35.7 Å². The van der Waals surface area contributed by atoms with E-state index in [0.29, 0.717) is 36.4 Å². The van der Waals surface area contributed by atoms with E-state index in [9.17, 15) is 71.1 Å². The number of Topliss-reactive ketones (excluding diaryl/α,β-unsaturated/α-hetero) is 2. The standard InChI is InChI=1S/C42H28Cl4N6O18S4.4Na/c1-69-29-15-26(50-52-38-32(74(66,67)68)12-18-10-20(72(60,61)62)14-28(34(18)40(38)54)48-42(56)22-6-4-8-24(44)36(22)46)30(70-2)16-25(29)49-51-37-31(73(63,64)65)11-17-9-19(71(57,58)59)13-27(33(17)39(37)53)47-41(55)21-5-3-7-23(43)35(21)45;;;;/h3-16,49-50H,1-2H3,(H,47,55)(H,48,56)(H,57,58,59)(H,60,61,62)(H,63,64,65)(H,66,67,68);;;;/b51-37+,52-38+;;;;. The molecule has 2 aliphatic carbocycles. The topological polar surface area (TPSA) is 377 Å². The zero-order valence-corrected chi connectivity index (χ0v) is 54.9. The first-order valence-corrected chi connectivity index (χ1v) is 27.0. The number of allylic oxidation sites excluding steroid dienone is 2. The van der Waals surface area contributed by atoms with Crippen molar-refractivity contribution in [1.29, 1.82) is 0 Å². The Balaban J connectivity index is 0.00000400. The molecule has 2 amide bonds. The van der Waals surface area contributed by atoms with Crippen molar-refractivity contribution in [1.82, 2.24) is 0 Å². The average molecular weight is 1270 g/mol. The van der Waals surface area contributed by atoms with Crippen molar-refractivity contribution in [3.8, 4) is 11.5 Å². The third-order valence-corrected chi connectivity index (χ3v) is 15.4. The van der Waals surface area contributed by atoms with Crippen molar-refractivity contribution < 1.29 is 80.5 Å². The van der Waals surface area contributed by atoms with Gasteiger partial charge in [-0.3, -0.25) is 48.2 Å². The third-order valence-electron chi connectivity index (χ3n) is 10.3. The molecule has 7 rings (SSSR count). The van der Waals surface area contributed by atoms with Gasteiger partial charge in [-0.05, 0) is 71.8 Å². The first-order valence-electron chi connectivity index (χ1n) is 19.7. The number of halogens is 4. The summed E-state index contributed by atoms with van der Waals surface area (Å²) in [5, 5.41) is 11.7. The molecule has 4 radical (unpaired) electrons. The number of amides is 2. The van der Waals surface area contributed by atoms with Gasteiger partial charge in [0.25, 0.3) is 52.3 Å². The van der Waals surface area contributed by atoms with Gasteiger partial charge in [-0.1, -0.05) is 58.5 Å². The van der Waals surface area contributed by atoms with Crippen LogP contribution in [0.2, 0.25) is 20.1 Å². The van der Waals surface area contributed by atoms with Crippen LogP contribution >= 0.6 is 46.4 Å². The number of anilines is 4. The number of carbonyl (C=O) groups excluding carboxylic acids is 4. The maximum Gasteiger partial charge on any atom is 0.296 e. The van der Waals surface area contributed by atoms with Gasteiger partial charge < -0.3 is 20.1 Å². The van der Waals surface area contributed by atoms with Crippen LogP contribution in [0, 0.1) is 0 Å². The molecule has 0 atom stereocenters. The monoisotopic (exact) mass is 1260 g/mol. The Labute approximate surface area is 551 Å². The Morgan fingerprint density at radius 3 is 1.13 bits per heavy atom. The van der Waals surface area contributed by atoms with Gasteiger partial charge >= 0.3 is 0 Å². The Morgan fingerprint density at radius 1 is 0.500 bits per heavy atom. The maximum absolute atomic E-state index is 14.3. The molecule has 8 N–H and O–H groups in total. The van der Waals surface area contributed by atoms with E-state index in [0.717, 1.165) is 26.4 Å². The number of ether oxygens (including phenoxy) is 2. The average Bonchev–Trinajstić information content (AvgIpc) is 3.30. The Morgan fingerprint density at radius 2 is 0.833 bits per heavy atom. The van der Waals surface area contributed by atoms with Crippen LogP contribution in [0.15, 0.2) is 103 Å². The largest absolute Gasteiger partial charge is 0.494 e. The fourth-order valence-electron chi connectivity index (χ4n) is 7.03. The molecule has 2 aliphatic rings.